The number of nitrogens with zero attached hydrogens (tertiary/aromatic N) is 1. The molecule has 0 aliphatic heterocycles. The molecule has 0 spiro atoms. The van der Waals surface area contributed by atoms with E-state index >= 15 is 0 Å². The van der Waals surface area contributed by atoms with Gasteiger partial charge in [0.15, 0.2) is 0 Å². The average Bonchev–Trinajstić information content (AvgIpc) is 2.88. The van der Waals surface area contributed by atoms with Crippen molar-refractivity contribution >= 4 is 0 Å². The maximum Gasteiger partial charge on any atom is 0.123 e. The molecule has 0 atom stereocenters. The van der Waals surface area contributed by atoms with Crippen molar-refractivity contribution in [2.75, 3.05) is 20.1 Å². The Balaban J connectivity index is 1.65. The van der Waals surface area contributed by atoms with Crippen LogP contribution in [0, 0.1) is 5.82 Å². The lowest BCUT2D eigenvalue weighted by Crippen LogP contribution is -2.28. The number of likely N-dealkylation sites (N-methyl/N-ethyl adjacent to an activating group) is 1. The number of nitrogens with one attached hydrogen (secondary N) is 1. The number of benzene rings is 1. The number of halogens is 1. The standard InChI is InChI=1S/C15H19FN2O/c1-18(12-13-4-2-5-14(16)10-13)8-7-17-11-15-6-3-9-19-15/h2-6,9-10,17H,7-8,11-12H2,1H3. The summed E-state index contributed by atoms with van der Waals surface area (Å²) in [7, 11) is 2.03. The molecule has 0 amide bonds. The minimum atomic E-state index is -0.179. The molecule has 0 radical (unpaired) electrons. The van der Waals surface area contributed by atoms with Gasteiger partial charge in [0, 0.05) is 19.6 Å². The zero-order chi connectivity index (χ0) is 13.5. The summed E-state index contributed by atoms with van der Waals surface area (Å²) in [4.78, 5) is 2.16. The Kier molecular flexibility index (Phi) is 5.12. The summed E-state index contributed by atoms with van der Waals surface area (Å²) in [6.45, 7) is 3.25. The SMILES string of the molecule is CN(CCNCc1ccco1)Cc1cccc(F)c1. The van der Waals surface area contributed by atoms with Gasteiger partial charge in [-0.1, -0.05) is 12.1 Å². The van der Waals surface area contributed by atoms with Crippen molar-refractivity contribution in [3.63, 3.8) is 0 Å². The topological polar surface area (TPSA) is 28.4 Å². The molecule has 0 fully saturated rings. The van der Waals surface area contributed by atoms with Crippen molar-refractivity contribution in [1.29, 1.82) is 0 Å². The molecular weight excluding hydrogens is 243 g/mol. The van der Waals surface area contributed by atoms with Crippen LogP contribution >= 0.6 is 0 Å². The fraction of sp³-hybridized carbons (Fsp3) is 0.333. The number of hydrogen-bond acceptors (Lipinski definition) is 3. The fourth-order valence-corrected chi connectivity index (χ4v) is 1.92. The zero-order valence-corrected chi connectivity index (χ0v) is 11.1. The van der Waals surface area contributed by atoms with Crippen molar-refractivity contribution in [2.45, 2.75) is 13.1 Å². The maximum absolute atomic E-state index is 13.0. The fourth-order valence-electron chi connectivity index (χ4n) is 1.92. The second-order valence-electron chi connectivity index (χ2n) is 4.62. The van der Waals surface area contributed by atoms with E-state index in [9.17, 15) is 4.39 Å². The average molecular weight is 262 g/mol. The van der Waals surface area contributed by atoms with Crippen LogP contribution in [0.4, 0.5) is 4.39 Å². The Labute approximate surface area is 113 Å². The van der Waals surface area contributed by atoms with Gasteiger partial charge in [0.05, 0.1) is 12.8 Å². The molecule has 1 aromatic carbocycles. The molecule has 19 heavy (non-hydrogen) atoms. The lowest BCUT2D eigenvalue weighted by molar-refractivity contribution is 0.321. The van der Waals surface area contributed by atoms with Crippen LogP contribution in [0.3, 0.4) is 0 Å². The van der Waals surface area contributed by atoms with Gasteiger partial charge in [-0.05, 0) is 36.9 Å². The van der Waals surface area contributed by atoms with E-state index in [1.165, 1.54) is 6.07 Å². The second-order valence-corrected chi connectivity index (χ2v) is 4.62. The first-order chi connectivity index (χ1) is 9.24. The molecule has 0 saturated carbocycles. The molecular formula is C15H19FN2O. The van der Waals surface area contributed by atoms with Gasteiger partial charge < -0.3 is 14.6 Å². The molecule has 0 unspecified atom stereocenters. The van der Waals surface area contributed by atoms with Crippen LogP contribution < -0.4 is 5.32 Å². The van der Waals surface area contributed by atoms with Crippen LogP contribution in [0.25, 0.3) is 0 Å². The van der Waals surface area contributed by atoms with Crippen molar-refractivity contribution in [1.82, 2.24) is 10.2 Å². The molecule has 0 aliphatic rings. The molecule has 2 aromatic rings. The Morgan fingerprint density at radius 3 is 2.89 bits per heavy atom. The van der Waals surface area contributed by atoms with E-state index in [2.05, 4.69) is 10.2 Å². The second kappa shape index (κ2) is 7.07. The van der Waals surface area contributed by atoms with Crippen molar-refractivity contribution in [3.8, 4) is 0 Å². The number of rotatable bonds is 7. The van der Waals surface area contributed by atoms with Gasteiger partial charge in [-0.2, -0.15) is 0 Å². The van der Waals surface area contributed by atoms with Gasteiger partial charge in [-0.15, -0.1) is 0 Å². The molecule has 3 nitrogen and oxygen atoms in total. The highest BCUT2D eigenvalue weighted by Gasteiger charge is 2.01. The van der Waals surface area contributed by atoms with Gasteiger partial charge in [-0.25, -0.2) is 4.39 Å². The predicted molar refractivity (Wildman–Crippen MR) is 73.1 cm³/mol. The predicted octanol–water partition coefficient (Wildman–Crippen LogP) is 2.64. The molecule has 1 aromatic heterocycles. The highest BCUT2D eigenvalue weighted by molar-refractivity contribution is 5.15. The minimum absolute atomic E-state index is 0.179. The summed E-state index contributed by atoms with van der Waals surface area (Å²) in [5.41, 5.74) is 0.994. The first-order valence-corrected chi connectivity index (χ1v) is 6.40. The molecule has 1 heterocycles. The van der Waals surface area contributed by atoms with Crippen molar-refractivity contribution in [2.24, 2.45) is 0 Å². The van der Waals surface area contributed by atoms with E-state index in [1.54, 1.807) is 18.4 Å². The van der Waals surface area contributed by atoms with Crippen molar-refractivity contribution < 1.29 is 8.81 Å². The van der Waals surface area contributed by atoms with Crippen LogP contribution in [-0.4, -0.2) is 25.0 Å². The van der Waals surface area contributed by atoms with Gasteiger partial charge in [0.25, 0.3) is 0 Å². The first-order valence-electron chi connectivity index (χ1n) is 6.40. The zero-order valence-electron chi connectivity index (χ0n) is 11.1. The normalized spacial score (nSPS) is 11.1. The van der Waals surface area contributed by atoms with E-state index in [4.69, 9.17) is 4.42 Å². The smallest absolute Gasteiger partial charge is 0.123 e. The summed E-state index contributed by atoms with van der Waals surface area (Å²) in [6, 6.07) is 10.6. The van der Waals surface area contributed by atoms with Crippen LogP contribution in [0.2, 0.25) is 0 Å². The summed E-state index contributed by atoms with van der Waals surface area (Å²) < 4.78 is 18.3. The lowest BCUT2D eigenvalue weighted by Gasteiger charge is -2.16. The summed E-state index contributed by atoms with van der Waals surface area (Å²) in [6.07, 6.45) is 1.67. The largest absolute Gasteiger partial charge is 0.468 e. The van der Waals surface area contributed by atoms with Gasteiger partial charge >= 0.3 is 0 Å². The molecule has 1 N–H and O–H groups in total. The molecule has 0 bridgehead atoms. The third-order valence-corrected chi connectivity index (χ3v) is 2.89. The molecule has 4 heteroatoms. The van der Waals surface area contributed by atoms with E-state index in [1.807, 2.05) is 25.2 Å². The molecule has 0 aliphatic carbocycles. The molecule has 2 rings (SSSR count). The summed E-state index contributed by atoms with van der Waals surface area (Å²) in [5.74, 6) is 0.759. The Bertz CT molecular complexity index is 485. The van der Waals surface area contributed by atoms with Gasteiger partial charge in [0.2, 0.25) is 0 Å². The quantitative estimate of drug-likeness (QED) is 0.778. The van der Waals surface area contributed by atoms with Gasteiger partial charge in [0.1, 0.15) is 11.6 Å². The van der Waals surface area contributed by atoms with Gasteiger partial charge in [-0.3, -0.25) is 0 Å². The van der Waals surface area contributed by atoms with E-state index in [-0.39, 0.29) is 5.82 Å². The Morgan fingerprint density at radius 1 is 1.26 bits per heavy atom. The maximum atomic E-state index is 13.0. The Morgan fingerprint density at radius 2 is 2.16 bits per heavy atom. The number of furan rings is 1. The summed E-state index contributed by atoms with van der Waals surface area (Å²) >= 11 is 0. The van der Waals surface area contributed by atoms with Crippen LogP contribution in [0.5, 0.6) is 0 Å². The lowest BCUT2D eigenvalue weighted by atomic mass is 10.2. The van der Waals surface area contributed by atoms with E-state index in [0.29, 0.717) is 0 Å². The van der Waals surface area contributed by atoms with E-state index in [0.717, 1.165) is 37.5 Å². The highest BCUT2D eigenvalue weighted by Crippen LogP contribution is 2.05. The Hall–Kier alpha value is -1.65. The van der Waals surface area contributed by atoms with Crippen LogP contribution in [0.15, 0.2) is 47.1 Å². The highest BCUT2D eigenvalue weighted by atomic mass is 19.1. The van der Waals surface area contributed by atoms with Crippen LogP contribution in [0.1, 0.15) is 11.3 Å². The third kappa shape index (κ3) is 4.85. The summed E-state index contributed by atoms with van der Waals surface area (Å²) in [5, 5.41) is 3.31. The van der Waals surface area contributed by atoms with Crippen molar-refractivity contribution in [3.05, 3.63) is 59.8 Å². The minimum Gasteiger partial charge on any atom is -0.468 e. The number of hydrogen-bond donors (Lipinski definition) is 1. The molecule has 0 saturated heterocycles. The van der Waals surface area contributed by atoms with E-state index < -0.39 is 0 Å². The van der Waals surface area contributed by atoms with Crippen LogP contribution in [-0.2, 0) is 13.1 Å². The molecule has 102 valence electrons. The monoisotopic (exact) mass is 262 g/mol. The third-order valence-electron chi connectivity index (χ3n) is 2.89. The first kappa shape index (κ1) is 13.8.